The monoisotopic (exact) mass is 678 g/mol. The highest BCUT2D eigenvalue weighted by molar-refractivity contribution is 7.25. The van der Waals surface area contributed by atoms with Crippen molar-refractivity contribution in [2.45, 2.75) is 19.3 Å². The van der Waals surface area contributed by atoms with Crippen LogP contribution in [0.25, 0.3) is 97.0 Å². The molecule has 52 heavy (non-hydrogen) atoms. The third-order valence-electron chi connectivity index (χ3n) is 11.7. The Balaban J connectivity index is 1.10. The summed E-state index contributed by atoms with van der Waals surface area (Å²) >= 11 is 1.88. The van der Waals surface area contributed by atoms with Crippen molar-refractivity contribution in [1.29, 1.82) is 0 Å². The minimum Gasteiger partial charge on any atom is -0.135 e. The Morgan fingerprint density at radius 1 is 0.346 bits per heavy atom. The third kappa shape index (κ3) is 4.15. The van der Waals surface area contributed by atoms with E-state index in [1.165, 1.54) is 108 Å². The van der Waals surface area contributed by atoms with Crippen LogP contribution in [0, 0.1) is 0 Å². The molecular weight excluding hydrogens is 645 g/mol. The molecule has 0 amide bonds. The van der Waals surface area contributed by atoms with Crippen LogP contribution in [0.15, 0.2) is 170 Å². The predicted octanol–water partition coefficient (Wildman–Crippen LogP) is 14.8. The van der Waals surface area contributed by atoms with Gasteiger partial charge in [-0.05, 0) is 106 Å². The number of benzene rings is 9. The highest BCUT2D eigenvalue weighted by atomic mass is 32.1. The van der Waals surface area contributed by atoms with Crippen LogP contribution in [0.4, 0.5) is 0 Å². The summed E-state index contributed by atoms with van der Waals surface area (Å²) in [5, 5.41) is 10.4. The van der Waals surface area contributed by atoms with E-state index < -0.39 is 0 Å². The van der Waals surface area contributed by atoms with E-state index in [4.69, 9.17) is 0 Å². The van der Waals surface area contributed by atoms with E-state index >= 15 is 0 Å². The molecule has 0 fully saturated rings. The summed E-state index contributed by atoms with van der Waals surface area (Å²) in [7, 11) is 0. The van der Waals surface area contributed by atoms with Gasteiger partial charge in [-0.3, -0.25) is 0 Å². The van der Waals surface area contributed by atoms with Crippen LogP contribution in [0.3, 0.4) is 0 Å². The molecule has 0 N–H and O–H groups in total. The molecule has 0 aliphatic heterocycles. The Hall–Kier alpha value is -6.02. The quantitative estimate of drug-likeness (QED) is 0.163. The smallest absolute Gasteiger partial charge is 0.0355 e. The topological polar surface area (TPSA) is 0 Å². The predicted molar refractivity (Wildman–Crippen MR) is 226 cm³/mol. The highest BCUT2D eigenvalue weighted by Gasteiger charge is 2.37. The average molecular weight is 679 g/mol. The van der Waals surface area contributed by atoms with Crippen LogP contribution < -0.4 is 0 Å². The van der Waals surface area contributed by atoms with Gasteiger partial charge in [-0.25, -0.2) is 0 Å². The summed E-state index contributed by atoms with van der Waals surface area (Å²) in [5.41, 5.74) is 13.2. The average Bonchev–Trinajstić information content (AvgIpc) is 3.68. The second-order valence-electron chi connectivity index (χ2n) is 14.8. The van der Waals surface area contributed by atoms with Crippen LogP contribution in [0.5, 0.6) is 0 Å². The lowest BCUT2D eigenvalue weighted by molar-refractivity contribution is 0.661. The molecule has 244 valence electrons. The van der Waals surface area contributed by atoms with E-state index in [2.05, 4.69) is 184 Å². The molecule has 1 heterocycles. The zero-order valence-electron chi connectivity index (χ0n) is 29.1. The number of fused-ring (bicyclic) bond motifs is 10. The lowest BCUT2D eigenvalue weighted by atomic mass is 9.81. The fourth-order valence-corrected chi connectivity index (χ4v) is 10.3. The van der Waals surface area contributed by atoms with Gasteiger partial charge < -0.3 is 0 Å². The van der Waals surface area contributed by atoms with Crippen LogP contribution in [0.2, 0.25) is 0 Å². The van der Waals surface area contributed by atoms with Gasteiger partial charge in [-0.2, -0.15) is 0 Å². The van der Waals surface area contributed by atoms with Crippen LogP contribution in [-0.4, -0.2) is 0 Å². The first-order valence-corrected chi connectivity index (χ1v) is 19.0. The molecule has 1 heteroatoms. The van der Waals surface area contributed by atoms with Gasteiger partial charge >= 0.3 is 0 Å². The Bertz CT molecular complexity index is 3030. The standard InChI is InChI=1S/C51H34S/c1-51(2)43-20-11-19-36(49(43)50-35-13-4-3-12-31(35)26-28-44(50)51)32-22-24-33(25-23-32)47-38-15-5-7-17-40(38)48(41-18-8-6-16-39(41)47)34-27-29-46-42(30-34)37-14-9-10-21-45(37)52-46/h3-30H,1-2H3. The summed E-state index contributed by atoms with van der Waals surface area (Å²) in [6.07, 6.45) is 0. The first-order valence-electron chi connectivity index (χ1n) is 18.2. The number of hydrogen-bond acceptors (Lipinski definition) is 1. The summed E-state index contributed by atoms with van der Waals surface area (Å²) in [5.74, 6) is 0. The molecule has 0 saturated heterocycles. The molecule has 0 nitrogen and oxygen atoms in total. The second kappa shape index (κ2) is 11.0. The zero-order chi connectivity index (χ0) is 34.6. The van der Waals surface area contributed by atoms with E-state index in [1.807, 2.05) is 11.3 Å². The van der Waals surface area contributed by atoms with Crippen molar-refractivity contribution in [3.63, 3.8) is 0 Å². The van der Waals surface area contributed by atoms with Crippen molar-refractivity contribution >= 4 is 63.8 Å². The molecule has 10 aromatic rings. The first kappa shape index (κ1) is 29.7. The summed E-state index contributed by atoms with van der Waals surface area (Å²) < 4.78 is 2.67. The highest BCUT2D eigenvalue weighted by Crippen LogP contribution is 2.54. The fraction of sp³-hybridized carbons (Fsp3) is 0.0588. The number of thiophene rings is 1. The first-order chi connectivity index (χ1) is 25.6. The maximum Gasteiger partial charge on any atom is 0.0355 e. The Morgan fingerprint density at radius 3 is 1.60 bits per heavy atom. The lowest BCUT2D eigenvalue weighted by Gasteiger charge is -2.21. The second-order valence-corrected chi connectivity index (χ2v) is 15.9. The summed E-state index contributed by atoms with van der Waals surface area (Å²) in [4.78, 5) is 0. The van der Waals surface area contributed by atoms with Crippen LogP contribution >= 0.6 is 11.3 Å². The molecule has 0 radical (unpaired) electrons. The van der Waals surface area contributed by atoms with Crippen molar-refractivity contribution < 1.29 is 0 Å². The summed E-state index contributed by atoms with van der Waals surface area (Å²) in [6, 6.07) is 63.5. The normalized spacial score (nSPS) is 13.3. The van der Waals surface area contributed by atoms with Gasteiger partial charge in [0.2, 0.25) is 0 Å². The molecule has 11 rings (SSSR count). The number of rotatable bonds is 3. The van der Waals surface area contributed by atoms with Crippen molar-refractivity contribution in [3.8, 4) is 44.5 Å². The molecule has 0 saturated carbocycles. The molecule has 1 aliphatic carbocycles. The van der Waals surface area contributed by atoms with Gasteiger partial charge in [0, 0.05) is 25.6 Å². The molecule has 0 spiro atoms. The van der Waals surface area contributed by atoms with Gasteiger partial charge in [-0.1, -0.05) is 166 Å². The third-order valence-corrected chi connectivity index (χ3v) is 12.8. The van der Waals surface area contributed by atoms with Crippen LogP contribution in [0.1, 0.15) is 25.0 Å². The van der Waals surface area contributed by atoms with Gasteiger partial charge in [0.1, 0.15) is 0 Å². The van der Waals surface area contributed by atoms with Gasteiger partial charge in [0.25, 0.3) is 0 Å². The largest absolute Gasteiger partial charge is 0.135 e. The van der Waals surface area contributed by atoms with E-state index in [0.717, 1.165) is 0 Å². The van der Waals surface area contributed by atoms with E-state index in [9.17, 15) is 0 Å². The fourth-order valence-electron chi connectivity index (χ4n) is 9.24. The van der Waals surface area contributed by atoms with E-state index in [0.29, 0.717) is 0 Å². The maximum atomic E-state index is 2.41. The zero-order valence-corrected chi connectivity index (χ0v) is 29.9. The van der Waals surface area contributed by atoms with Gasteiger partial charge in [0.15, 0.2) is 0 Å². The molecule has 1 aliphatic rings. The van der Waals surface area contributed by atoms with Crippen LogP contribution in [-0.2, 0) is 5.41 Å². The number of hydrogen-bond donors (Lipinski definition) is 0. The lowest BCUT2D eigenvalue weighted by Crippen LogP contribution is -2.14. The van der Waals surface area contributed by atoms with E-state index in [-0.39, 0.29) is 5.41 Å². The Labute approximate surface area is 307 Å². The van der Waals surface area contributed by atoms with Gasteiger partial charge in [0.05, 0.1) is 0 Å². The van der Waals surface area contributed by atoms with Crippen molar-refractivity contribution in [3.05, 3.63) is 181 Å². The molecule has 1 aromatic heterocycles. The Morgan fingerprint density at radius 2 is 0.885 bits per heavy atom. The maximum absolute atomic E-state index is 2.41. The minimum atomic E-state index is -0.0642. The molecule has 0 unspecified atom stereocenters. The molecular formula is C51H34S. The van der Waals surface area contributed by atoms with Crippen molar-refractivity contribution in [2.75, 3.05) is 0 Å². The summed E-state index contributed by atoms with van der Waals surface area (Å²) in [6.45, 7) is 4.75. The minimum absolute atomic E-state index is 0.0642. The Kier molecular flexibility index (Phi) is 6.27. The molecule has 0 bridgehead atoms. The van der Waals surface area contributed by atoms with Gasteiger partial charge in [-0.15, -0.1) is 11.3 Å². The van der Waals surface area contributed by atoms with E-state index in [1.54, 1.807) is 0 Å². The SMILES string of the molecule is CC1(C)c2cccc(-c3ccc(-c4c5ccccc5c(-c5ccc6sc7ccccc7c6c5)c5ccccc45)cc3)c2-c2c1ccc1ccccc21. The molecule has 0 atom stereocenters. The molecule has 9 aromatic carbocycles. The van der Waals surface area contributed by atoms with Crippen molar-refractivity contribution in [1.82, 2.24) is 0 Å². The van der Waals surface area contributed by atoms with Crippen molar-refractivity contribution in [2.24, 2.45) is 0 Å².